The molecule has 2 saturated heterocycles. The molecule has 1 aromatic carbocycles. The Labute approximate surface area is 155 Å². The number of benzene rings is 1. The van der Waals surface area contributed by atoms with Crippen LogP contribution >= 0.6 is 12.4 Å². The first-order chi connectivity index (χ1) is 11.7. The summed E-state index contributed by atoms with van der Waals surface area (Å²) in [5.74, 6) is 1.29. The molecule has 140 valence electrons. The van der Waals surface area contributed by atoms with Crippen molar-refractivity contribution in [2.24, 2.45) is 5.92 Å². The van der Waals surface area contributed by atoms with Gasteiger partial charge in [-0.2, -0.15) is 0 Å². The van der Waals surface area contributed by atoms with Gasteiger partial charge < -0.3 is 24.8 Å². The Hall–Kier alpha value is -1.34. The third-order valence-corrected chi connectivity index (χ3v) is 4.51. The van der Waals surface area contributed by atoms with Crippen molar-refractivity contribution in [3.63, 3.8) is 0 Å². The Morgan fingerprint density at radius 3 is 2.80 bits per heavy atom. The Morgan fingerprint density at radius 1 is 1.28 bits per heavy atom. The van der Waals surface area contributed by atoms with Crippen LogP contribution in [0.2, 0.25) is 0 Å². The smallest absolute Gasteiger partial charge is 0.243 e. The van der Waals surface area contributed by atoms with Crippen molar-refractivity contribution >= 4 is 24.0 Å². The number of rotatable bonds is 5. The van der Waals surface area contributed by atoms with Crippen LogP contribution in [0.1, 0.15) is 18.4 Å². The van der Waals surface area contributed by atoms with Crippen molar-refractivity contribution in [2.75, 3.05) is 44.9 Å². The first kappa shape index (κ1) is 20.0. The molecule has 3 rings (SSSR count). The van der Waals surface area contributed by atoms with Crippen LogP contribution in [0.5, 0.6) is 5.75 Å². The van der Waals surface area contributed by atoms with Crippen molar-refractivity contribution in [3.05, 3.63) is 23.8 Å². The van der Waals surface area contributed by atoms with E-state index >= 15 is 0 Å². The van der Waals surface area contributed by atoms with E-state index in [-0.39, 0.29) is 24.4 Å². The maximum atomic E-state index is 12.3. The van der Waals surface area contributed by atoms with Crippen LogP contribution in [-0.2, 0) is 14.3 Å². The lowest BCUT2D eigenvalue weighted by atomic mass is 10.0. The molecule has 2 N–H and O–H groups in total. The predicted octanol–water partition coefficient (Wildman–Crippen LogP) is 2.15. The van der Waals surface area contributed by atoms with Crippen molar-refractivity contribution in [1.29, 1.82) is 0 Å². The highest BCUT2D eigenvalue weighted by atomic mass is 35.5. The Bertz CT molecular complexity index is 558. The van der Waals surface area contributed by atoms with E-state index < -0.39 is 0 Å². The first-order valence-electron chi connectivity index (χ1n) is 8.65. The number of nitrogens with one attached hydrogen (secondary N) is 2. The zero-order chi connectivity index (χ0) is 16.8. The fourth-order valence-corrected chi connectivity index (χ4v) is 2.92. The fraction of sp³-hybridized carbons (Fsp3) is 0.611. The van der Waals surface area contributed by atoms with Crippen LogP contribution in [0.25, 0.3) is 0 Å². The van der Waals surface area contributed by atoms with E-state index in [4.69, 9.17) is 14.2 Å². The average molecular weight is 371 g/mol. The highest BCUT2D eigenvalue weighted by Crippen LogP contribution is 2.25. The van der Waals surface area contributed by atoms with Gasteiger partial charge in [0.15, 0.2) is 0 Å². The molecule has 2 fully saturated rings. The summed E-state index contributed by atoms with van der Waals surface area (Å²) in [4.78, 5) is 12.3. The summed E-state index contributed by atoms with van der Waals surface area (Å²) in [6, 6.07) is 5.47. The summed E-state index contributed by atoms with van der Waals surface area (Å²) in [5.41, 5.74) is 1.82. The molecule has 6 nitrogen and oxygen atoms in total. The minimum Gasteiger partial charge on any atom is -0.493 e. The van der Waals surface area contributed by atoms with Gasteiger partial charge in [0.1, 0.15) is 11.8 Å². The molecule has 0 aliphatic carbocycles. The molecular weight excluding hydrogens is 344 g/mol. The molecule has 7 heteroatoms. The second kappa shape index (κ2) is 9.97. The number of amides is 1. The summed E-state index contributed by atoms with van der Waals surface area (Å²) >= 11 is 0. The van der Waals surface area contributed by atoms with Crippen LogP contribution in [0, 0.1) is 12.8 Å². The molecule has 0 spiro atoms. The highest BCUT2D eigenvalue weighted by molar-refractivity contribution is 5.95. The standard InChI is InChI=1S/C18H26N2O4.ClH/c1-13-2-3-15(20-18(21)16-12-23-9-6-19-16)10-17(13)24-11-14-4-7-22-8-5-14;/h2-3,10,14,16,19H,4-9,11-12H2,1H3,(H,20,21);1H. The monoisotopic (exact) mass is 370 g/mol. The lowest BCUT2D eigenvalue weighted by molar-refractivity contribution is -0.120. The van der Waals surface area contributed by atoms with E-state index in [1.165, 1.54) is 0 Å². The predicted molar refractivity (Wildman–Crippen MR) is 98.7 cm³/mol. The van der Waals surface area contributed by atoms with Gasteiger partial charge in [-0.25, -0.2) is 0 Å². The molecule has 1 atom stereocenters. The molecular formula is C18H27ClN2O4. The summed E-state index contributed by atoms with van der Waals surface area (Å²) in [6.45, 7) is 6.11. The number of carbonyl (C=O) groups is 1. The molecule has 2 heterocycles. The quantitative estimate of drug-likeness (QED) is 0.831. The number of aryl methyl sites for hydroxylation is 1. The minimum atomic E-state index is -0.299. The lowest BCUT2D eigenvalue weighted by Gasteiger charge is -2.24. The second-order valence-corrected chi connectivity index (χ2v) is 6.42. The van der Waals surface area contributed by atoms with Gasteiger partial charge >= 0.3 is 0 Å². The molecule has 2 aliphatic heterocycles. The summed E-state index contributed by atoms with van der Waals surface area (Å²) in [6.07, 6.45) is 2.09. The van der Waals surface area contributed by atoms with Gasteiger partial charge in [-0.3, -0.25) is 4.79 Å². The lowest BCUT2D eigenvalue weighted by Crippen LogP contribution is -2.48. The van der Waals surface area contributed by atoms with Gasteiger partial charge in [-0.1, -0.05) is 6.07 Å². The van der Waals surface area contributed by atoms with E-state index in [0.717, 1.165) is 43.1 Å². The SMILES string of the molecule is Cc1ccc(NC(=O)C2COCCN2)cc1OCC1CCOCC1.Cl. The summed E-state index contributed by atoms with van der Waals surface area (Å²) in [7, 11) is 0. The average Bonchev–Trinajstić information content (AvgIpc) is 2.63. The van der Waals surface area contributed by atoms with Crippen LogP contribution in [0.4, 0.5) is 5.69 Å². The van der Waals surface area contributed by atoms with Gasteiger partial charge in [0.25, 0.3) is 0 Å². The number of carbonyl (C=O) groups excluding carboxylic acids is 1. The molecule has 25 heavy (non-hydrogen) atoms. The molecule has 1 unspecified atom stereocenters. The Kier molecular flexibility index (Phi) is 7.96. The third-order valence-electron chi connectivity index (χ3n) is 4.51. The topological polar surface area (TPSA) is 68.8 Å². The van der Waals surface area contributed by atoms with Gasteiger partial charge in [0, 0.05) is 31.5 Å². The zero-order valence-corrected chi connectivity index (χ0v) is 15.4. The normalized spacial score (nSPS) is 21.2. The molecule has 0 radical (unpaired) electrons. The largest absolute Gasteiger partial charge is 0.493 e. The number of morpholine rings is 1. The van der Waals surface area contributed by atoms with E-state index in [0.29, 0.717) is 32.3 Å². The van der Waals surface area contributed by atoms with Crippen LogP contribution in [-0.4, -0.2) is 51.5 Å². The van der Waals surface area contributed by atoms with Crippen LogP contribution < -0.4 is 15.4 Å². The molecule has 1 amide bonds. The number of anilines is 1. The first-order valence-corrected chi connectivity index (χ1v) is 8.65. The van der Waals surface area contributed by atoms with E-state index in [1.807, 2.05) is 25.1 Å². The van der Waals surface area contributed by atoms with Gasteiger partial charge in [-0.05, 0) is 37.3 Å². The zero-order valence-electron chi connectivity index (χ0n) is 14.6. The molecule has 0 bridgehead atoms. The van der Waals surface area contributed by atoms with Gasteiger partial charge in [-0.15, -0.1) is 12.4 Å². The van der Waals surface area contributed by atoms with Crippen molar-refractivity contribution in [1.82, 2.24) is 5.32 Å². The van der Waals surface area contributed by atoms with Crippen LogP contribution in [0.3, 0.4) is 0 Å². The third kappa shape index (κ3) is 5.85. The van der Waals surface area contributed by atoms with Crippen molar-refractivity contribution in [2.45, 2.75) is 25.8 Å². The Morgan fingerprint density at radius 2 is 2.08 bits per heavy atom. The molecule has 0 aromatic heterocycles. The van der Waals surface area contributed by atoms with Crippen LogP contribution in [0.15, 0.2) is 18.2 Å². The van der Waals surface area contributed by atoms with E-state index in [1.54, 1.807) is 0 Å². The minimum absolute atomic E-state index is 0. The maximum absolute atomic E-state index is 12.3. The number of halogens is 1. The van der Waals surface area contributed by atoms with Gasteiger partial charge in [0.05, 0.1) is 19.8 Å². The molecule has 1 aromatic rings. The highest BCUT2D eigenvalue weighted by Gasteiger charge is 2.21. The molecule has 0 saturated carbocycles. The second-order valence-electron chi connectivity index (χ2n) is 6.42. The number of hydrogen-bond acceptors (Lipinski definition) is 5. The number of hydrogen-bond donors (Lipinski definition) is 2. The molecule has 2 aliphatic rings. The maximum Gasteiger partial charge on any atom is 0.243 e. The summed E-state index contributed by atoms with van der Waals surface area (Å²) < 4.78 is 16.7. The van der Waals surface area contributed by atoms with Crippen molar-refractivity contribution < 1.29 is 19.0 Å². The number of ether oxygens (including phenoxy) is 3. The van der Waals surface area contributed by atoms with Crippen molar-refractivity contribution in [3.8, 4) is 5.75 Å². The fourth-order valence-electron chi connectivity index (χ4n) is 2.92. The summed E-state index contributed by atoms with van der Waals surface area (Å²) in [5, 5.41) is 6.09. The van der Waals surface area contributed by atoms with Gasteiger partial charge in [0.2, 0.25) is 5.91 Å². The van der Waals surface area contributed by atoms with E-state index in [9.17, 15) is 4.79 Å². The van der Waals surface area contributed by atoms with E-state index in [2.05, 4.69) is 10.6 Å². The Balaban J connectivity index is 0.00000225.